The van der Waals surface area contributed by atoms with E-state index in [4.69, 9.17) is 0 Å². The molecule has 1 saturated heterocycles. The standard InChI is InChI=1S/C4H3N3O5.H3N/c8-2-1(7(11)12)3(9)6-4(10)5-2;/h1H,(H2,5,6,8,9,10);1H3/p+1. The second kappa shape index (κ2) is 3.58. The molecular formula is C4H7N4O5+. The number of barbiturate groups is 1. The maximum Gasteiger partial charge on any atom is 0.366 e. The van der Waals surface area contributed by atoms with Crippen molar-refractivity contribution in [3.8, 4) is 0 Å². The molecule has 1 rings (SSSR count). The Morgan fingerprint density at radius 3 is 1.85 bits per heavy atom. The Balaban J connectivity index is 0.00000144. The number of hydrogen-bond acceptors (Lipinski definition) is 5. The van der Waals surface area contributed by atoms with E-state index in [-0.39, 0.29) is 6.15 Å². The molecule has 0 radical (unpaired) electrons. The minimum atomic E-state index is -2.03. The number of carbonyl (C=O) groups excluding carboxylic acids is 3. The lowest BCUT2D eigenvalue weighted by Gasteiger charge is -2.13. The van der Waals surface area contributed by atoms with Crippen LogP contribution in [0.1, 0.15) is 0 Å². The number of hydrogen-bond donors (Lipinski definition) is 3. The molecule has 13 heavy (non-hydrogen) atoms. The maximum absolute atomic E-state index is 10.6. The Bertz CT molecular complexity index is 266. The van der Waals surface area contributed by atoms with Gasteiger partial charge in [0.05, 0.1) is 0 Å². The molecule has 4 amide bonds. The SMILES string of the molecule is O=C1NC(=O)C([N+](=O)[O-])C(=O)N1.[NH4+]. The lowest BCUT2D eigenvalue weighted by Crippen LogP contribution is -2.61. The van der Waals surface area contributed by atoms with Crippen LogP contribution in [0.2, 0.25) is 0 Å². The smallest absolute Gasteiger partial charge is 0.366 e. The predicted octanol–water partition coefficient (Wildman–Crippen LogP) is -1.63. The summed E-state index contributed by atoms with van der Waals surface area (Å²) in [7, 11) is 0. The molecule has 0 aromatic heterocycles. The number of nitrogens with zero attached hydrogens (tertiary/aromatic N) is 1. The molecule has 6 N–H and O–H groups in total. The zero-order valence-electron chi connectivity index (χ0n) is 6.57. The van der Waals surface area contributed by atoms with Gasteiger partial charge in [-0.1, -0.05) is 0 Å². The third-order valence-corrected chi connectivity index (χ3v) is 1.18. The third-order valence-electron chi connectivity index (χ3n) is 1.18. The van der Waals surface area contributed by atoms with Crippen molar-refractivity contribution in [1.82, 2.24) is 16.8 Å². The van der Waals surface area contributed by atoms with Gasteiger partial charge in [-0.25, -0.2) is 4.79 Å². The van der Waals surface area contributed by atoms with Gasteiger partial charge in [0, 0.05) is 4.92 Å². The molecular weight excluding hydrogens is 184 g/mol. The van der Waals surface area contributed by atoms with E-state index in [0.717, 1.165) is 0 Å². The molecule has 1 heterocycles. The quantitative estimate of drug-likeness (QED) is 0.258. The Kier molecular flexibility index (Phi) is 3.02. The number of urea groups is 1. The highest BCUT2D eigenvalue weighted by molar-refractivity contribution is 6.17. The maximum atomic E-state index is 10.6. The summed E-state index contributed by atoms with van der Waals surface area (Å²) >= 11 is 0. The fraction of sp³-hybridized carbons (Fsp3) is 0.250. The summed E-state index contributed by atoms with van der Waals surface area (Å²) < 4.78 is 0. The van der Waals surface area contributed by atoms with E-state index in [9.17, 15) is 24.5 Å². The normalized spacial score (nSPS) is 17.1. The molecule has 0 bridgehead atoms. The first-order valence-corrected chi connectivity index (χ1v) is 2.81. The number of rotatable bonds is 1. The fourth-order valence-electron chi connectivity index (χ4n) is 0.702. The number of nitro groups is 1. The van der Waals surface area contributed by atoms with Crippen molar-refractivity contribution in [3.63, 3.8) is 0 Å². The molecule has 0 saturated carbocycles. The third kappa shape index (κ3) is 1.96. The molecule has 0 aliphatic carbocycles. The topological polar surface area (TPSA) is 155 Å². The number of imide groups is 2. The van der Waals surface area contributed by atoms with Gasteiger partial charge in [-0.15, -0.1) is 0 Å². The molecule has 1 fully saturated rings. The van der Waals surface area contributed by atoms with Crippen molar-refractivity contribution >= 4 is 17.8 Å². The molecule has 0 atom stereocenters. The number of amides is 4. The van der Waals surface area contributed by atoms with Gasteiger partial charge in [0.15, 0.2) is 0 Å². The van der Waals surface area contributed by atoms with Crippen LogP contribution in [0, 0.1) is 10.1 Å². The van der Waals surface area contributed by atoms with Crippen LogP contribution in [0.3, 0.4) is 0 Å². The van der Waals surface area contributed by atoms with Crippen LogP contribution in [0.4, 0.5) is 4.79 Å². The molecule has 9 nitrogen and oxygen atoms in total. The van der Waals surface area contributed by atoms with Crippen LogP contribution in [0.25, 0.3) is 0 Å². The summed E-state index contributed by atoms with van der Waals surface area (Å²) in [4.78, 5) is 40.6. The Hall–Kier alpha value is -2.03. The van der Waals surface area contributed by atoms with Crippen LogP contribution in [-0.2, 0) is 9.59 Å². The monoisotopic (exact) mass is 191 g/mol. The summed E-state index contributed by atoms with van der Waals surface area (Å²) in [6.45, 7) is 0. The second-order valence-corrected chi connectivity index (χ2v) is 2.00. The zero-order chi connectivity index (χ0) is 9.30. The molecule has 0 aromatic rings. The van der Waals surface area contributed by atoms with E-state index >= 15 is 0 Å². The van der Waals surface area contributed by atoms with Crippen molar-refractivity contribution < 1.29 is 19.3 Å². The lowest BCUT2D eigenvalue weighted by molar-refractivity contribution is -0.494. The van der Waals surface area contributed by atoms with Crippen LogP contribution in [0.15, 0.2) is 0 Å². The Morgan fingerprint density at radius 2 is 1.54 bits per heavy atom. The van der Waals surface area contributed by atoms with Gasteiger partial charge >= 0.3 is 23.9 Å². The molecule has 9 heteroatoms. The summed E-state index contributed by atoms with van der Waals surface area (Å²) in [6.07, 6.45) is 0. The van der Waals surface area contributed by atoms with Crippen molar-refractivity contribution in [2.24, 2.45) is 0 Å². The zero-order valence-corrected chi connectivity index (χ0v) is 6.57. The lowest BCUT2D eigenvalue weighted by atomic mass is 10.2. The van der Waals surface area contributed by atoms with Gasteiger partial charge in [0.1, 0.15) is 0 Å². The Morgan fingerprint density at radius 1 is 1.15 bits per heavy atom. The Labute approximate surface area is 71.2 Å². The van der Waals surface area contributed by atoms with Crippen molar-refractivity contribution in [1.29, 1.82) is 0 Å². The number of carbonyl (C=O) groups is 3. The highest BCUT2D eigenvalue weighted by atomic mass is 16.6. The summed E-state index contributed by atoms with van der Waals surface area (Å²) in [5, 5.41) is 13.2. The largest absolute Gasteiger partial charge is 0.369 e. The molecule has 0 aromatic carbocycles. The van der Waals surface area contributed by atoms with E-state index in [1.807, 2.05) is 0 Å². The van der Waals surface area contributed by atoms with Crippen LogP contribution in [0.5, 0.6) is 0 Å². The number of nitrogens with one attached hydrogen (secondary N) is 2. The number of quaternary nitrogens is 1. The first kappa shape index (κ1) is 11.0. The van der Waals surface area contributed by atoms with Gasteiger partial charge in [-0.05, 0) is 0 Å². The van der Waals surface area contributed by atoms with E-state index in [2.05, 4.69) is 0 Å². The van der Waals surface area contributed by atoms with E-state index < -0.39 is 28.8 Å². The summed E-state index contributed by atoms with van der Waals surface area (Å²) in [5.41, 5.74) is 0. The highest BCUT2D eigenvalue weighted by Crippen LogP contribution is 1.95. The second-order valence-electron chi connectivity index (χ2n) is 2.00. The van der Waals surface area contributed by atoms with Gasteiger partial charge in [-0.2, -0.15) is 0 Å². The van der Waals surface area contributed by atoms with Gasteiger partial charge in [0.2, 0.25) is 0 Å². The van der Waals surface area contributed by atoms with E-state index in [1.54, 1.807) is 10.6 Å². The van der Waals surface area contributed by atoms with Crippen LogP contribution < -0.4 is 16.8 Å². The van der Waals surface area contributed by atoms with Gasteiger partial charge < -0.3 is 6.15 Å². The van der Waals surface area contributed by atoms with Crippen LogP contribution in [-0.4, -0.2) is 28.8 Å². The minimum absolute atomic E-state index is 0. The molecule has 72 valence electrons. The summed E-state index contributed by atoms with van der Waals surface area (Å²) in [6, 6.07) is -3.06. The van der Waals surface area contributed by atoms with E-state index in [1.165, 1.54) is 0 Å². The van der Waals surface area contributed by atoms with E-state index in [0.29, 0.717) is 0 Å². The molecule has 0 unspecified atom stereocenters. The average Bonchev–Trinajstić information content (AvgIpc) is 1.82. The van der Waals surface area contributed by atoms with Crippen LogP contribution >= 0.6 is 0 Å². The average molecular weight is 191 g/mol. The van der Waals surface area contributed by atoms with Gasteiger partial charge in [0.25, 0.3) is 0 Å². The molecule has 1 aliphatic heterocycles. The first-order valence-electron chi connectivity index (χ1n) is 2.81. The van der Waals surface area contributed by atoms with Crippen molar-refractivity contribution in [2.45, 2.75) is 6.04 Å². The first-order chi connectivity index (χ1) is 5.52. The molecule has 0 spiro atoms. The predicted molar refractivity (Wildman–Crippen MR) is 38.4 cm³/mol. The van der Waals surface area contributed by atoms with Crippen molar-refractivity contribution in [2.75, 3.05) is 0 Å². The summed E-state index contributed by atoms with van der Waals surface area (Å²) in [5.74, 6) is -2.43. The molecule has 1 aliphatic rings. The fourth-order valence-corrected chi connectivity index (χ4v) is 0.702. The highest BCUT2D eigenvalue weighted by Gasteiger charge is 2.43. The minimum Gasteiger partial charge on any atom is -0.369 e. The van der Waals surface area contributed by atoms with Crippen molar-refractivity contribution in [3.05, 3.63) is 10.1 Å². The van der Waals surface area contributed by atoms with Gasteiger partial charge in [-0.3, -0.25) is 30.3 Å².